The SMILES string of the molecule is CC(C)(C)OC(=O)COCCOCCOCCOCCOCCOCCOCCOCCOCCOC(=O)c1ccccc1Nc1cccc(C(F)(F)F)c1. The van der Waals surface area contributed by atoms with E-state index in [1.54, 1.807) is 39.0 Å². The Morgan fingerprint density at radius 3 is 1.40 bits per heavy atom. The lowest BCUT2D eigenvalue weighted by Gasteiger charge is -2.19. The highest BCUT2D eigenvalue weighted by molar-refractivity contribution is 5.96. The average molecular weight is 792 g/mol. The van der Waals surface area contributed by atoms with Crippen LogP contribution in [0, 0.1) is 0 Å². The molecule has 0 radical (unpaired) electrons. The van der Waals surface area contributed by atoms with E-state index in [2.05, 4.69) is 5.32 Å². The third kappa shape index (κ3) is 25.4. The fraction of sp³-hybridized carbons (Fsp3) is 0.632. The van der Waals surface area contributed by atoms with Crippen molar-refractivity contribution in [3.8, 4) is 0 Å². The molecule has 2 aromatic carbocycles. The number of anilines is 2. The van der Waals surface area contributed by atoms with Crippen molar-refractivity contribution in [1.29, 1.82) is 0 Å². The topological polar surface area (TPSA) is 148 Å². The summed E-state index contributed by atoms with van der Waals surface area (Å²) in [5, 5.41) is 2.85. The summed E-state index contributed by atoms with van der Waals surface area (Å²) in [6.07, 6.45) is -4.48. The number of halogens is 3. The number of benzene rings is 2. The molecule has 17 heteroatoms. The van der Waals surface area contributed by atoms with Crippen molar-refractivity contribution in [1.82, 2.24) is 0 Å². The van der Waals surface area contributed by atoms with Crippen molar-refractivity contribution in [2.24, 2.45) is 0 Å². The maximum Gasteiger partial charge on any atom is 0.416 e. The van der Waals surface area contributed by atoms with Crippen molar-refractivity contribution in [3.63, 3.8) is 0 Å². The Kier molecular flexibility index (Phi) is 25.1. The summed E-state index contributed by atoms with van der Waals surface area (Å²) in [6, 6.07) is 11.1. The molecule has 0 unspecified atom stereocenters. The number of esters is 2. The van der Waals surface area contributed by atoms with E-state index in [0.717, 1.165) is 12.1 Å². The first-order valence-corrected chi connectivity index (χ1v) is 18.1. The zero-order chi connectivity index (χ0) is 40.0. The number of carbonyl (C=O) groups is 2. The molecule has 0 saturated heterocycles. The minimum Gasteiger partial charge on any atom is -0.460 e. The smallest absolute Gasteiger partial charge is 0.416 e. The molecule has 0 atom stereocenters. The second kappa shape index (κ2) is 28.9. The normalized spacial score (nSPS) is 11.8. The van der Waals surface area contributed by atoms with Gasteiger partial charge in [-0.05, 0) is 51.1 Å². The summed E-state index contributed by atoms with van der Waals surface area (Å²) in [4.78, 5) is 24.1. The highest BCUT2D eigenvalue weighted by atomic mass is 19.4. The van der Waals surface area contributed by atoms with Crippen LogP contribution in [0.1, 0.15) is 36.7 Å². The molecular weight excluding hydrogens is 735 g/mol. The Morgan fingerprint density at radius 2 is 0.964 bits per heavy atom. The van der Waals surface area contributed by atoms with E-state index in [1.165, 1.54) is 18.2 Å². The van der Waals surface area contributed by atoms with Crippen LogP contribution in [0.5, 0.6) is 0 Å². The number of alkyl halides is 3. The van der Waals surface area contributed by atoms with Crippen molar-refractivity contribution in [2.75, 3.05) is 131 Å². The van der Waals surface area contributed by atoms with Gasteiger partial charge in [0.15, 0.2) is 0 Å². The van der Waals surface area contributed by atoms with Gasteiger partial charge in [0.25, 0.3) is 0 Å². The molecule has 1 N–H and O–H groups in total. The van der Waals surface area contributed by atoms with Crippen LogP contribution in [0.3, 0.4) is 0 Å². The molecule has 0 saturated carbocycles. The number of nitrogens with one attached hydrogen (secondary N) is 1. The lowest BCUT2D eigenvalue weighted by atomic mass is 10.1. The Bertz CT molecular complexity index is 1310. The van der Waals surface area contributed by atoms with Gasteiger partial charge in [0, 0.05) is 5.69 Å². The van der Waals surface area contributed by atoms with Crippen molar-refractivity contribution in [3.05, 3.63) is 59.7 Å². The molecule has 0 aliphatic rings. The van der Waals surface area contributed by atoms with Gasteiger partial charge in [-0.3, -0.25) is 0 Å². The van der Waals surface area contributed by atoms with Crippen LogP contribution in [-0.2, 0) is 63.1 Å². The van der Waals surface area contributed by atoms with Gasteiger partial charge in [-0.15, -0.1) is 0 Å². The van der Waals surface area contributed by atoms with Gasteiger partial charge in [-0.25, -0.2) is 9.59 Å². The molecule has 14 nitrogen and oxygen atoms in total. The molecule has 0 aliphatic carbocycles. The van der Waals surface area contributed by atoms with E-state index in [9.17, 15) is 22.8 Å². The van der Waals surface area contributed by atoms with Crippen molar-refractivity contribution >= 4 is 23.3 Å². The van der Waals surface area contributed by atoms with Crippen LogP contribution in [-0.4, -0.2) is 143 Å². The van der Waals surface area contributed by atoms with Gasteiger partial charge in [0.2, 0.25) is 0 Å². The van der Waals surface area contributed by atoms with E-state index >= 15 is 0 Å². The number of hydrogen-bond donors (Lipinski definition) is 1. The first-order chi connectivity index (χ1) is 26.5. The van der Waals surface area contributed by atoms with Gasteiger partial charge in [0.1, 0.15) is 18.8 Å². The number of ether oxygens (including phenoxy) is 11. The summed E-state index contributed by atoms with van der Waals surface area (Å²) in [7, 11) is 0. The molecule has 0 aliphatic heterocycles. The molecule has 2 aromatic rings. The molecule has 0 amide bonds. The predicted octanol–water partition coefficient (Wildman–Crippen LogP) is 5.10. The van der Waals surface area contributed by atoms with E-state index in [1.807, 2.05) is 0 Å². The van der Waals surface area contributed by atoms with Crippen molar-refractivity contribution < 1.29 is 74.9 Å². The Labute approximate surface area is 321 Å². The second-order valence-corrected chi connectivity index (χ2v) is 12.4. The number of carbonyl (C=O) groups excluding carboxylic acids is 2. The van der Waals surface area contributed by atoms with Gasteiger partial charge in [-0.1, -0.05) is 18.2 Å². The maximum absolute atomic E-state index is 13.0. The number of rotatable bonds is 32. The summed E-state index contributed by atoms with van der Waals surface area (Å²) in [5.74, 6) is -1.04. The fourth-order valence-electron chi connectivity index (χ4n) is 4.26. The van der Waals surface area contributed by atoms with Crippen LogP contribution >= 0.6 is 0 Å². The average Bonchev–Trinajstić information content (AvgIpc) is 3.13. The van der Waals surface area contributed by atoms with Crippen LogP contribution in [0.2, 0.25) is 0 Å². The minimum atomic E-state index is -4.48. The molecule has 55 heavy (non-hydrogen) atoms. The van der Waals surface area contributed by atoms with Gasteiger partial charge < -0.3 is 57.4 Å². The third-order valence-electron chi connectivity index (χ3n) is 6.69. The van der Waals surface area contributed by atoms with E-state index < -0.39 is 29.3 Å². The van der Waals surface area contributed by atoms with Gasteiger partial charge >= 0.3 is 18.1 Å². The zero-order valence-electron chi connectivity index (χ0n) is 32.0. The third-order valence-corrected chi connectivity index (χ3v) is 6.69. The number of para-hydroxylation sites is 1. The van der Waals surface area contributed by atoms with Gasteiger partial charge in [0.05, 0.1) is 129 Å². The molecule has 0 heterocycles. The van der Waals surface area contributed by atoms with E-state index in [0.29, 0.717) is 111 Å². The summed E-state index contributed by atoms with van der Waals surface area (Å²) in [6.45, 7) is 11.8. The van der Waals surface area contributed by atoms with Crippen LogP contribution in [0.4, 0.5) is 24.5 Å². The van der Waals surface area contributed by atoms with Crippen LogP contribution < -0.4 is 5.32 Å². The lowest BCUT2D eigenvalue weighted by molar-refractivity contribution is -0.160. The summed E-state index contributed by atoms with van der Waals surface area (Å²) < 4.78 is 98.3. The second-order valence-electron chi connectivity index (χ2n) is 12.4. The van der Waals surface area contributed by atoms with Crippen molar-refractivity contribution in [2.45, 2.75) is 32.5 Å². The van der Waals surface area contributed by atoms with Gasteiger partial charge in [-0.2, -0.15) is 13.2 Å². The van der Waals surface area contributed by atoms with Crippen LogP contribution in [0.25, 0.3) is 0 Å². The van der Waals surface area contributed by atoms with E-state index in [-0.39, 0.29) is 31.1 Å². The maximum atomic E-state index is 13.0. The highest BCUT2D eigenvalue weighted by Gasteiger charge is 2.30. The zero-order valence-corrected chi connectivity index (χ0v) is 32.0. The van der Waals surface area contributed by atoms with E-state index in [4.69, 9.17) is 52.1 Å². The molecule has 0 fully saturated rings. The Morgan fingerprint density at radius 1 is 0.545 bits per heavy atom. The lowest BCUT2D eigenvalue weighted by Crippen LogP contribution is -2.27. The summed E-state index contributed by atoms with van der Waals surface area (Å²) in [5.41, 5.74) is -0.637. The quantitative estimate of drug-likeness (QED) is 0.0775. The Balaban J connectivity index is 1.30. The molecule has 0 spiro atoms. The first-order valence-electron chi connectivity index (χ1n) is 18.1. The first kappa shape index (κ1) is 47.8. The predicted molar refractivity (Wildman–Crippen MR) is 195 cm³/mol. The Hall–Kier alpha value is -3.39. The monoisotopic (exact) mass is 791 g/mol. The highest BCUT2D eigenvalue weighted by Crippen LogP contribution is 2.32. The molecule has 2 rings (SSSR count). The van der Waals surface area contributed by atoms with Crippen LogP contribution in [0.15, 0.2) is 48.5 Å². The fourth-order valence-corrected chi connectivity index (χ4v) is 4.26. The molecule has 0 bridgehead atoms. The minimum absolute atomic E-state index is 0.00793. The largest absolute Gasteiger partial charge is 0.460 e. The molecular formula is C38H56F3NO13. The standard InChI is InChI=1S/C38H56F3NO13/c1-37(2,3)55-35(43)30-53-26-25-51-22-21-49-18-17-47-14-13-45-11-12-46-15-16-48-19-20-50-23-24-52-27-28-54-36(44)33-9-4-5-10-34(33)42-32-8-6-7-31(29-32)38(39,40)41/h4-10,29,42H,11-28,30H2,1-3H3. The number of hydrogen-bond acceptors (Lipinski definition) is 14. The molecule has 312 valence electrons. The summed E-state index contributed by atoms with van der Waals surface area (Å²) >= 11 is 0. The molecule has 0 aromatic heterocycles.